The van der Waals surface area contributed by atoms with Crippen molar-refractivity contribution in [2.75, 3.05) is 23.8 Å². The van der Waals surface area contributed by atoms with Crippen LogP contribution in [0.2, 0.25) is 0 Å². The number of fused-ring (bicyclic) bond motifs is 1. The lowest BCUT2D eigenvalue weighted by molar-refractivity contribution is 0.659. The molecule has 1 heterocycles. The number of aromatic nitrogens is 2. The number of rotatable bonds is 3. The van der Waals surface area contributed by atoms with Crippen molar-refractivity contribution < 1.29 is 0 Å². The van der Waals surface area contributed by atoms with E-state index in [-0.39, 0.29) is 0 Å². The second kappa shape index (κ2) is 4.92. The molecule has 0 fully saturated rings. The van der Waals surface area contributed by atoms with Crippen LogP contribution in [0, 0.1) is 0 Å². The first kappa shape index (κ1) is 10.9. The van der Waals surface area contributed by atoms with Crippen LogP contribution in [0.1, 0.15) is 24.1 Å². The number of alkyl halides is 1. The molecule has 0 unspecified atom stereocenters. The monoisotopic (exact) mass is 269 g/mol. The summed E-state index contributed by atoms with van der Waals surface area (Å²) >= 11 is 3.46. The normalized spacial score (nSPS) is 14.8. The van der Waals surface area contributed by atoms with Gasteiger partial charge in [-0.05, 0) is 25.7 Å². The second-order valence-electron chi connectivity index (χ2n) is 3.94. The zero-order valence-corrected chi connectivity index (χ0v) is 10.6. The fourth-order valence-electron chi connectivity index (χ4n) is 2.07. The zero-order chi connectivity index (χ0) is 10.7. The van der Waals surface area contributed by atoms with Crippen LogP contribution >= 0.6 is 15.9 Å². The van der Waals surface area contributed by atoms with Gasteiger partial charge in [0.1, 0.15) is 12.1 Å². The summed E-state index contributed by atoms with van der Waals surface area (Å²) in [5.41, 5.74) is 2.62. The minimum absolute atomic E-state index is 0.974. The maximum Gasteiger partial charge on any atom is 0.135 e. The summed E-state index contributed by atoms with van der Waals surface area (Å²) in [4.78, 5) is 11.0. The van der Waals surface area contributed by atoms with Crippen molar-refractivity contribution in [3.05, 3.63) is 17.6 Å². The fraction of sp³-hybridized carbons (Fsp3) is 0.636. The standard InChI is InChI=1S/C11H16BrN3/c1-15(7-6-12)11-9-4-2-3-5-10(9)13-8-14-11/h8H,2-7H2,1H3. The highest BCUT2D eigenvalue weighted by molar-refractivity contribution is 9.09. The van der Waals surface area contributed by atoms with Gasteiger partial charge in [-0.25, -0.2) is 9.97 Å². The molecule has 0 spiro atoms. The molecule has 1 aromatic rings. The summed E-state index contributed by atoms with van der Waals surface area (Å²) < 4.78 is 0. The molecule has 2 rings (SSSR count). The van der Waals surface area contributed by atoms with Gasteiger partial charge < -0.3 is 4.90 Å². The van der Waals surface area contributed by atoms with Gasteiger partial charge in [-0.15, -0.1) is 0 Å². The van der Waals surface area contributed by atoms with E-state index in [0.29, 0.717) is 0 Å². The van der Waals surface area contributed by atoms with Crippen molar-refractivity contribution in [1.82, 2.24) is 9.97 Å². The Kier molecular flexibility index (Phi) is 3.57. The van der Waals surface area contributed by atoms with E-state index in [9.17, 15) is 0 Å². The molecule has 4 heteroatoms. The van der Waals surface area contributed by atoms with Gasteiger partial charge >= 0.3 is 0 Å². The summed E-state index contributed by atoms with van der Waals surface area (Å²) in [5, 5.41) is 0.974. The first-order chi connectivity index (χ1) is 7.33. The lowest BCUT2D eigenvalue weighted by Gasteiger charge is -2.23. The lowest BCUT2D eigenvalue weighted by atomic mass is 9.96. The first-order valence-corrected chi connectivity index (χ1v) is 6.55. The number of halogens is 1. The average Bonchev–Trinajstić information content (AvgIpc) is 2.28. The third-order valence-electron chi connectivity index (χ3n) is 2.88. The van der Waals surface area contributed by atoms with E-state index in [1.54, 1.807) is 6.33 Å². The highest BCUT2D eigenvalue weighted by Crippen LogP contribution is 2.26. The van der Waals surface area contributed by atoms with Crippen LogP contribution in [-0.2, 0) is 12.8 Å². The average molecular weight is 270 g/mol. The van der Waals surface area contributed by atoms with Crippen molar-refractivity contribution >= 4 is 21.7 Å². The van der Waals surface area contributed by atoms with Gasteiger partial charge in [0.2, 0.25) is 0 Å². The van der Waals surface area contributed by atoms with Gasteiger partial charge in [-0.1, -0.05) is 15.9 Å². The maximum absolute atomic E-state index is 4.40. The van der Waals surface area contributed by atoms with Gasteiger partial charge in [0, 0.05) is 30.2 Å². The van der Waals surface area contributed by atoms with Gasteiger partial charge in [0.15, 0.2) is 0 Å². The molecule has 0 aromatic carbocycles. The third kappa shape index (κ3) is 2.30. The minimum Gasteiger partial charge on any atom is -0.359 e. The Hall–Kier alpha value is -0.640. The van der Waals surface area contributed by atoms with Crippen LogP contribution in [0.4, 0.5) is 5.82 Å². The quantitative estimate of drug-likeness (QED) is 0.788. The van der Waals surface area contributed by atoms with E-state index >= 15 is 0 Å². The Balaban J connectivity index is 2.30. The lowest BCUT2D eigenvalue weighted by Crippen LogP contribution is -2.24. The third-order valence-corrected chi connectivity index (χ3v) is 3.24. The van der Waals surface area contributed by atoms with E-state index < -0.39 is 0 Å². The molecule has 0 radical (unpaired) electrons. The molecule has 0 atom stereocenters. The molecule has 1 aliphatic carbocycles. The molecule has 0 amide bonds. The molecule has 0 bridgehead atoms. The fourth-order valence-corrected chi connectivity index (χ4v) is 2.60. The van der Waals surface area contributed by atoms with Crippen LogP contribution in [0.3, 0.4) is 0 Å². The van der Waals surface area contributed by atoms with E-state index in [0.717, 1.165) is 30.5 Å². The molecule has 3 nitrogen and oxygen atoms in total. The molecule has 0 saturated heterocycles. The largest absolute Gasteiger partial charge is 0.359 e. The van der Waals surface area contributed by atoms with Crippen LogP contribution < -0.4 is 4.90 Å². The van der Waals surface area contributed by atoms with Crippen molar-refractivity contribution in [3.63, 3.8) is 0 Å². The number of nitrogens with zero attached hydrogens (tertiary/aromatic N) is 3. The Bertz CT molecular complexity index is 341. The molecule has 0 aliphatic heterocycles. The van der Waals surface area contributed by atoms with Gasteiger partial charge in [-0.2, -0.15) is 0 Å². The maximum atomic E-state index is 4.40. The van der Waals surface area contributed by atoms with Crippen LogP contribution in [0.15, 0.2) is 6.33 Å². The summed E-state index contributed by atoms with van der Waals surface area (Å²) in [7, 11) is 2.10. The van der Waals surface area contributed by atoms with E-state index in [1.165, 1.54) is 24.1 Å². The smallest absolute Gasteiger partial charge is 0.135 e. The molecule has 1 aromatic heterocycles. The van der Waals surface area contributed by atoms with Gasteiger partial charge in [-0.3, -0.25) is 0 Å². The summed E-state index contributed by atoms with van der Waals surface area (Å²) in [5.74, 6) is 1.12. The van der Waals surface area contributed by atoms with Crippen LogP contribution in [0.5, 0.6) is 0 Å². The number of hydrogen-bond donors (Lipinski definition) is 0. The molecule has 1 aliphatic rings. The minimum atomic E-state index is 0.974. The Labute approximate surface area is 99.0 Å². The predicted molar refractivity (Wildman–Crippen MR) is 65.7 cm³/mol. The summed E-state index contributed by atoms with van der Waals surface area (Å²) in [6.07, 6.45) is 6.50. The highest BCUT2D eigenvalue weighted by Gasteiger charge is 2.17. The SMILES string of the molecule is CN(CCBr)c1ncnc2c1CCCC2. The Morgan fingerprint density at radius 2 is 2.13 bits per heavy atom. The first-order valence-electron chi connectivity index (χ1n) is 5.43. The van der Waals surface area contributed by atoms with Crippen molar-refractivity contribution in [2.45, 2.75) is 25.7 Å². The number of hydrogen-bond acceptors (Lipinski definition) is 3. The molecule has 82 valence electrons. The van der Waals surface area contributed by atoms with Crippen molar-refractivity contribution in [1.29, 1.82) is 0 Å². The van der Waals surface area contributed by atoms with Gasteiger partial charge in [0.05, 0.1) is 0 Å². The molecular formula is C11H16BrN3. The van der Waals surface area contributed by atoms with Crippen molar-refractivity contribution in [2.24, 2.45) is 0 Å². The summed E-state index contributed by atoms with van der Waals surface area (Å²) in [6.45, 7) is 0.990. The van der Waals surface area contributed by atoms with Crippen molar-refractivity contribution in [3.8, 4) is 0 Å². The molecule has 15 heavy (non-hydrogen) atoms. The van der Waals surface area contributed by atoms with E-state index in [2.05, 4.69) is 37.8 Å². The van der Waals surface area contributed by atoms with E-state index in [1.807, 2.05) is 0 Å². The Morgan fingerprint density at radius 3 is 2.93 bits per heavy atom. The molecule has 0 N–H and O–H groups in total. The molecular weight excluding hydrogens is 254 g/mol. The summed E-state index contributed by atoms with van der Waals surface area (Å²) in [6, 6.07) is 0. The number of anilines is 1. The van der Waals surface area contributed by atoms with E-state index in [4.69, 9.17) is 0 Å². The van der Waals surface area contributed by atoms with Crippen LogP contribution in [0.25, 0.3) is 0 Å². The van der Waals surface area contributed by atoms with Gasteiger partial charge in [0.25, 0.3) is 0 Å². The second-order valence-corrected chi connectivity index (χ2v) is 4.73. The predicted octanol–water partition coefficient (Wildman–Crippen LogP) is 2.19. The molecule has 0 saturated carbocycles. The Morgan fingerprint density at radius 1 is 1.33 bits per heavy atom. The topological polar surface area (TPSA) is 29.0 Å². The zero-order valence-electron chi connectivity index (χ0n) is 9.04. The van der Waals surface area contributed by atoms with Crippen LogP contribution in [-0.4, -0.2) is 28.9 Å². The highest BCUT2D eigenvalue weighted by atomic mass is 79.9. The number of aryl methyl sites for hydroxylation is 1.